The molecule has 1 radical (unpaired) electrons. The topological polar surface area (TPSA) is 32.8 Å². The van der Waals surface area contributed by atoms with Crippen molar-refractivity contribution in [2.24, 2.45) is 0 Å². The maximum atomic E-state index is 7.20. The van der Waals surface area contributed by atoms with Gasteiger partial charge < -0.3 is 41.2 Å². The van der Waals surface area contributed by atoms with Crippen LogP contribution in [0.15, 0.2) is 167 Å². The Morgan fingerprint density at radius 2 is 0.736 bits per heavy atom. The van der Waals surface area contributed by atoms with E-state index in [1.54, 1.807) is 0 Å². The first-order valence-electron chi connectivity index (χ1n) is 25.5. The van der Waals surface area contributed by atoms with Crippen molar-refractivity contribution in [2.45, 2.75) is 96.8 Å². The van der Waals surface area contributed by atoms with Gasteiger partial charge in [-0.2, -0.15) is 0 Å². The smallest absolute Gasteiger partial charge is 0.159 e. The highest BCUT2D eigenvalue weighted by molar-refractivity contribution is 6.30. The van der Waals surface area contributed by atoms with Crippen LogP contribution >= 0.6 is 0 Å². The largest absolute Gasteiger partial charge is 0.789 e. The molecule has 0 fully saturated rings. The third kappa shape index (κ3) is 7.12. The molecule has 10 aromatic carbocycles. The van der Waals surface area contributed by atoms with E-state index in [4.69, 9.17) is 8.83 Å². The monoisotopic (exact) mass is 1050 g/mol. The summed E-state index contributed by atoms with van der Waals surface area (Å²) in [5.41, 5.74) is 17.4. The number of rotatable bonds is 8. The van der Waals surface area contributed by atoms with Crippen molar-refractivity contribution in [3.05, 3.63) is 191 Å². The van der Waals surface area contributed by atoms with Crippen LogP contribution in [0.1, 0.15) is 106 Å². The van der Waals surface area contributed by atoms with E-state index in [0.29, 0.717) is 0 Å². The Labute approximate surface area is 436 Å². The van der Waals surface area contributed by atoms with Crippen LogP contribution in [0.4, 0.5) is 34.1 Å². The normalized spacial score (nSPS) is 13.1. The van der Waals surface area contributed by atoms with Crippen LogP contribution < -0.4 is 32.4 Å². The molecule has 0 amide bonds. The summed E-state index contributed by atoms with van der Waals surface area (Å²) in [5, 5.41) is 12.0. The number of hydrogen-bond acceptors (Lipinski definition) is 4. The number of furan rings is 2. The molecule has 0 aliphatic carbocycles. The number of para-hydroxylation sites is 6. The van der Waals surface area contributed by atoms with Gasteiger partial charge in [-0.25, -0.2) is 0 Å². The number of fused-ring (bicyclic) bond motifs is 6. The zero-order chi connectivity index (χ0) is 50.1. The summed E-state index contributed by atoms with van der Waals surface area (Å²) in [6.45, 7) is 25.1. The molecule has 359 valence electrons. The highest BCUT2D eigenvalue weighted by Crippen LogP contribution is 2.54. The molecule has 72 heavy (non-hydrogen) atoms. The first-order valence-corrected chi connectivity index (χ1v) is 26.8. The van der Waals surface area contributed by atoms with E-state index in [9.17, 15) is 0 Å². The average Bonchev–Trinajstić information content (AvgIpc) is 3.94. The highest BCUT2D eigenvalue weighted by atomic mass is 127. The Hall–Kier alpha value is -6.83. The number of anilines is 6. The minimum absolute atomic E-state index is 0.0994. The SMILES string of the molecule is Cc1ccccc1N(c1cc(C(C)C)c2ccc3c(N(c4ccccc4C)c4cccc5c4oc4c(C(C)(C)C)cccc45)cc(C(C)[I-])c4ccc1c2c43)c1cccc2c1oc1c(C(C)(C)C)cccc12. The Balaban J connectivity index is 1.21. The maximum Gasteiger partial charge on any atom is 0.159 e. The molecule has 2 heterocycles. The van der Waals surface area contributed by atoms with Gasteiger partial charge in [0, 0.05) is 54.8 Å². The lowest BCUT2D eigenvalue weighted by Crippen LogP contribution is -3.35. The van der Waals surface area contributed by atoms with Gasteiger partial charge in [-0.3, -0.25) is 0 Å². The summed E-state index contributed by atoms with van der Waals surface area (Å²) in [7, 11) is 0. The second kappa shape index (κ2) is 16.9. The minimum Gasteiger partial charge on any atom is -0.789 e. The molecule has 5 heteroatoms. The summed E-state index contributed by atoms with van der Waals surface area (Å²) in [6, 6.07) is 58.7. The second-order valence-electron chi connectivity index (χ2n) is 22.4. The molecule has 0 bridgehead atoms. The molecule has 1 atom stereocenters. The quantitative estimate of drug-likeness (QED) is 0.0862. The number of benzene rings is 10. The maximum absolute atomic E-state index is 7.20. The average molecular weight is 1050 g/mol. The number of nitrogens with zero attached hydrogens (tertiary/aromatic N) is 2. The van der Waals surface area contributed by atoms with Gasteiger partial charge >= 0.3 is 0 Å². The summed E-state index contributed by atoms with van der Waals surface area (Å²) >= 11 is 2.63. The molecule has 12 rings (SSSR count). The van der Waals surface area contributed by atoms with Crippen LogP contribution in [0.3, 0.4) is 0 Å². The summed E-state index contributed by atoms with van der Waals surface area (Å²) in [5.74, 6) is 0.234. The first kappa shape index (κ1) is 46.3. The van der Waals surface area contributed by atoms with Gasteiger partial charge in [0.25, 0.3) is 0 Å². The van der Waals surface area contributed by atoms with Crippen molar-refractivity contribution in [1.29, 1.82) is 0 Å². The van der Waals surface area contributed by atoms with Crippen LogP contribution in [0.25, 0.3) is 76.2 Å². The van der Waals surface area contributed by atoms with Crippen molar-refractivity contribution >= 4 is 110 Å². The van der Waals surface area contributed by atoms with Crippen LogP contribution in [0.5, 0.6) is 0 Å². The summed E-state index contributed by atoms with van der Waals surface area (Å²) in [4.78, 5) is 4.98. The lowest BCUT2D eigenvalue weighted by atomic mass is 9.85. The molecule has 0 spiro atoms. The van der Waals surface area contributed by atoms with Gasteiger partial charge in [-0.15, -0.1) is 3.92 Å². The molecular weight excluding hydrogens is 992 g/mol. The molecule has 4 nitrogen and oxygen atoms in total. The van der Waals surface area contributed by atoms with E-state index in [1.807, 2.05) is 0 Å². The Kier molecular flexibility index (Phi) is 10.8. The van der Waals surface area contributed by atoms with E-state index in [2.05, 4.69) is 266 Å². The molecule has 0 aliphatic heterocycles. The molecule has 0 saturated carbocycles. The molecule has 1 unspecified atom stereocenters. The number of halogens is 1. The molecule has 2 aromatic heterocycles. The van der Waals surface area contributed by atoms with Crippen molar-refractivity contribution < 1.29 is 31.4 Å². The Bertz CT molecular complexity index is 3850. The Morgan fingerprint density at radius 1 is 0.375 bits per heavy atom. The van der Waals surface area contributed by atoms with E-state index < -0.39 is 0 Å². The summed E-state index contributed by atoms with van der Waals surface area (Å²) < 4.78 is 14.6. The summed E-state index contributed by atoms with van der Waals surface area (Å²) in [6.07, 6.45) is 0. The third-order valence-corrected chi connectivity index (χ3v) is 15.9. The third-order valence-electron chi connectivity index (χ3n) is 15.3. The fraction of sp³-hybridized carbons (Fsp3) is 0.224. The van der Waals surface area contributed by atoms with Gasteiger partial charge in [0.15, 0.2) is 11.2 Å². The van der Waals surface area contributed by atoms with Gasteiger partial charge in [0.1, 0.15) is 11.2 Å². The van der Waals surface area contributed by atoms with E-state index >= 15 is 0 Å². The molecule has 12 aromatic rings. The van der Waals surface area contributed by atoms with Crippen LogP contribution in [0, 0.1) is 13.8 Å². The predicted octanol–water partition coefficient (Wildman–Crippen LogP) is 17.3. The van der Waals surface area contributed by atoms with E-state index in [-0.39, 0.29) is 20.7 Å². The van der Waals surface area contributed by atoms with Crippen molar-refractivity contribution in [3.8, 4) is 0 Å². The second-order valence-corrected chi connectivity index (χ2v) is 24.3. The van der Waals surface area contributed by atoms with Crippen LogP contribution in [0.2, 0.25) is 0 Å². The van der Waals surface area contributed by atoms with E-state index in [1.165, 1.54) is 65.7 Å². The van der Waals surface area contributed by atoms with Crippen LogP contribution in [-0.2, 0) is 10.8 Å². The highest BCUT2D eigenvalue weighted by Gasteiger charge is 2.30. The minimum atomic E-state index is -0.0997. The Morgan fingerprint density at radius 3 is 1.14 bits per heavy atom. The lowest BCUT2D eigenvalue weighted by Gasteiger charge is -2.33. The van der Waals surface area contributed by atoms with Crippen molar-refractivity contribution in [1.82, 2.24) is 0 Å². The predicted molar refractivity (Wildman–Crippen MR) is 303 cm³/mol. The van der Waals surface area contributed by atoms with Gasteiger partial charge in [0.05, 0.1) is 22.7 Å². The molecular formula is C67H61IN2O2-. The standard InChI is InChI=1S/C67H61IN2O2/c1-38(2)50-36-58(69(54-28-14-12-20-39(54)3)56-30-18-24-46-44-22-16-26-52(66(6,7)8)62(44)71-64(46)56)48-35-33-43-51(41(5)68)37-59(49-34-32-42(50)60(48)61(43)49)70(55-29-15-13-21-40(55)4)57-31-19-25-47-45-23-17-27-53(67(9,10)11)63(45)72-65(47)57/h12-38,41H,1-11H3/q-1. The number of alkyl halides is 1. The lowest BCUT2D eigenvalue weighted by molar-refractivity contribution is -0.420. The molecule has 0 N–H and O–H groups in total. The fourth-order valence-corrected chi connectivity index (χ4v) is 12.3. The zero-order valence-electron chi connectivity index (χ0n) is 43.3. The van der Waals surface area contributed by atoms with Crippen LogP contribution in [-0.4, -0.2) is 0 Å². The fourth-order valence-electron chi connectivity index (χ4n) is 11.7. The molecule has 0 aliphatic rings. The number of hydrogen-bond donors (Lipinski definition) is 0. The van der Waals surface area contributed by atoms with Gasteiger partial charge in [0.2, 0.25) is 0 Å². The molecule has 0 saturated heterocycles. The van der Waals surface area contributed by atoms with Gasteiger partial charge in [-0.1, -0.05) is 189 Å². The zero-order valence-corrected chi connectivity index (χ0v) is 45.4. The van der Waals surface area contributed by atoms with Crippen molar-refractivity contribution in [3.63, 3.8) is 0 Å². The van der Waals surface area contributed by atoms with Gasteiger partial charge in [-0.05, 0) is 105 Å². The van der Waals surface area contributed by atoms with Crippen molar-refractivity contribution in [2.75, 3.05) is 9.80 Å². The van der Waals surface area contributed by atoms with E-state index in [0.717, 1.165) is 78.0 Å². The first-order chi connectivity index (χ1) is 34.5. The number of aryl methyl sites for hydroxylation is 2.